The van der Waals surface area contributed by atoms with Gasteiger partial charge in [0.1, 0.15) is 6.04 Å². The molecule has 2 fully saturated rings. The third kappa shape index (κ3) is 2.92. The summed E-state index contributed by atoms with van der Waals surface area (Å²) in [7, 11) is 0. The minimum atomic E-state index is -0.686. The molecule has 2 N–H and O–H groups in total. The molecule has 1 saturated carbocycles. The molecule has 1 heterocycles. The van der Waals surface area contributed by atoms with Gasteiger partial charge in [0.05, 0.1) is 5.37 Å². The zero-order chi connectivity index (χ0) is 11.5. The number of carbonyl (C=O) groups is 1. The molecule has 0 amide bonds. The first kappa shape index (κ1) is 12.2. The molecule has 2 rings (SSSR count). The minimum Gasteiger partial charge on any atom is -0.480 e. The fourth-order valence-corrected chi connectivity index (χ4v) is 4.13. The first-order valence-electron chi connectivity index (χ1n) is 6.27. The van der Waals surface area contributed by atoms with Crippen molar-refractivity contribution >= 4 is 17.7 Å². The predicted molar refractivity (Wildman–Crippen MR) is 66.5 cm³/mol. The Balaban J connectivity index is 1.87. The summed E-state index contributed by atoms with van der Waals surface area (Å²) in [6, 6.07) is -0.314. The lowest BCUT2D eigenvalue weighted by molar-refractivity contribution is -0.139. The molecule has 0 aromatic carbocycles. The van der Waals surface area contributed by atoms with Crippen LogP contribution < -0.4 is 5.32 Å². The first-order valence-corrected chi connectivity index (χ1v) is 7.32. The standard InChI is InChI=1S/C12H21NO2S/c1-8-2-4-9(5-3-8)11-13-10(12(14)15)6-7-16-11/h8-11,13H,2-7H2,1H3,(H,14,15). The van der Waals surface area contributed by atoms with Crippen LogP contribution in [0.15, 0.2) is 0 Å². The maximum Gasteiger partial charge on any atom is 0.320 e. The van der Waals surface area contributed by atoms with E-state index in [1.807, 2.05) is 11.8 Å². The van der Waals surface area contributed by atoms with Crippen molar-refractivity contribution in [3.8, 4) is 0 Å². The van der Waals surface area contributed by atoms with E-state index >= 15 is 0 Å². The normalized spacial score (nSPS) is 40.6. The second kappa shape index (κ2) is 5.41. The van der Waals surface area contributed by atoms with E-state index in [1.54, 1.807) is 0 Å². The average molecular weight is 243 g/mol. The van der Waals surface area contributed by atoms with Crippen LogP contribution in [0.3, 0.4) is 0 Å². The maximum atomic E-state index is 11.0. The molecule has 1 saturated heterocycles. The van der Waals surface area contributed by atoms with Crippen LogP contribution in [0.5, 0.6) is 0 Å². The van der Waals surface area contributed by atoms with E-state index in [9.17, 15) is 4.79 Å². The molecule has 2 atom stereocenters. The predicted octanol–water partition coefficient (Wildman–Crippen LogP) is 2.32. The fourth-order valence-electron chi connectivity index (χ4n) is 2.70. The second-order valence-electron chi connectivity index (χ2n) is 5.16. The van der Waals surface area contributed by atoms with Gasteiger partial charge in [0.2, 0.25) is 0 Å². The number of carboxylic acid groups (broad SMARTS) is 1. The molecule has 3 nitrogen and oxygen atoms in total. The van der Waals surface area contributed by atoms with Crippen LogP contribution in [0.2, 0.25) is 0 Å². The molecular formula is C12H21NO2S. The van der Waals surface area contributed by atoms with Gasteiger partial charge in [-0.3, -0.25) is 10.1 Å². The molecule has 0 aromatic heterocycles. The quantitative estimate of drug-likeness (QED) is 0.781. The van der Waals surface area contributed by atoms with Crippen LogP contribution in [0.4, 0.5) is 0 Å². The summed E-state index contributed by atoms with van der Waals surface area (Å²) in [5.41, 5.74) is 0. The number of hydrogen-bond acceptors (Lipinski definition) is 3. The van der Waals surface area contributed by atoms with E-state index in [2.05, 4.69) is 12.2 Å². The summed E-state index contributed by atoms with van der Waals surface area (Å²) >= 11 is 1.92. The molecule has 1 aliphatic carbocycles. The molecule has 16 heavy (non-hydrogen) atoms. The lowest BCUT2D eigenvalue weighted by Gasteiger charge is -2.37. The van der Waals surface area contributed by atoms with Crippen LogP contribution in [0, 0.1) is 11.8 Å². The Labute approximate surface area is 101 Å². The highest BCUT2D eigenvalue weighted by Gasteiger charge is 2.32. The number of nitrogens with one attached hydrogen (secondary N) is 1. The van der Waals surface area contributed by atoms with Crippen molar-refractivity contribution < 1.29 is 9.90 Å². The minimum absolute atomic E-state index is 0.314. The zero-order valence-electron chi connectivity index (χ0n) is 9.82. The van der Waals surface area contributed by atoms with Gasteiger partial charge in [-0.05, 0) is 36.9 Å². The number of hydrogen-bond donors (Lipinski definition) is 2. The summed E-state index contributed by atoms with van der Waals surface area (Å²) in [6.07, 6.45) is 5.90. The number of aliphatic carboxylic acids is 1. The summed E-state index contributed by atoms with van der Waals surface area (Å²) in [5.74, 6) is 1.85. The van der Waals surface area contributed by atoms with E-state index in [1.165, 1.54) is 25.7 Å². The monoisotopic (exact) mass is 243 g/mol. The van der Waals surface area contributed by atoms with E-state index < -0.39 is 5.97 Å². The van der Waals surface area contributed by atoms with Crippen LogP contribution >= 0.6 is 11.8 Å². The van der Waals surface area contributed by atoms with Crippen molar-refractivity contribution in [1.29, 1.82) is 0 Å². The molecule has 2 unspecified atom stereocenters. The highest BCUT2D eigenvalue weighted by atomic mass is 32.2. The third-order valence-electron chi connectivity index (χ3n) is 3.86. The number of thioether (sulfide) groups is 1. The van der Waals surface area contributed by atoms with Crippen molar-refractivity contribution in [3.05, 3.63) is 0 Å². The summed E-state index contributed by atoms with van der Waals surface area (Å²) in [6.45, 7) is 2.32. The highest BCUT2D eigenvalue weighted by Crippen LogP contribution is 2.36. The van der Waals surface area contributed by atoms with Gasteiger partial charge in [0.15, 0.2) is 0 Å². The van der Waals surface area contributed by atoms with Gasteiger partial charge in [-0.15, -0.1) is 11.8 Å². The third-order valence-corrected chi connectivity index (χ3v) is 5.21. The van der Waals surface area contributed by atoms with Gasteiger partial charge < -0.3 is 5.11 Å². The Morgan fingerprint density at radius 2 is 1.94 bits per heavy atom. The first-order chi connectivity index (χ1) is 7.66. The molecule has 1 aliphatic heterocycles. The molecule has 0 bridgehead atoms. The van der Waals surface area contributed by atoms with E-state index in [-0.39, 0.29) is 6.04 Å². The van der Waals surface area contributed by atoms with E-state index in [4.69, 9.17) is 5.11 Å². The summed E-state index contributed by atoms with van der Waals surface area (Å²) in [4.78, 5) is 11.0. The van der Waals surface area contributed by atoms with Crippen LogP contribution in [-0.4, -0.2) is 28.2 Å². The Morgan fingerprint density at radius 1 is 1.25 bits per heavy atom. The zero-order valence-corrected chi connectivity index (χ0v) is 10.6. The highest BCUT2D eigenvalue weighted by molar-refractivity contribution is 7.99. The van der Waals surface area contributed by atoms with Crippen molar-refractivity contribution in [3.63, 3.8) is 0 Å². The second-order valence-corrected chi connectivity index (χ2v) is 6.41. The van der Waals surface area contributed by atoms with Crippen molar-refractivity contribution in [2.45, 2.75) is 50.4 Å². The molecule has 92 valence electrons. The van der Waals surface area contributed by atoms with Crippen molar-refractivity contribution in [2.75, 3.05) is 5.75 Å². The lowest BCUT2D eigenvalue weighted by Crippen LogP contribution is -2.49. The van der Waals surface area contributed by atoms with Gasteiger partial charge in [-0.1, -0.05) is 19.8 Å². The Hall–Kier alpha value is -0.220. The molecule has 2 aliphatic rings. The number of carboxylic acids is 1. The SMILES string of the molecule is CC1CCC(C2NC(C(=O)O)CCS2)CC1. The molecular weight excluding hydrogens is 222 g/mol. The van der Waals surface area contributed by atoms with Gasteiger partial charge in [-0.25, -0.2) is 0 Å². The largest absolute Gasteiger partial charge is 0.480 e. The smallest absolute Gasteiger partial charge is 0.320 e. The molecule has 0 radical (unpaired) electrons. The van der Waals surface area contributed by atoms with Gasteiger partial charge >= 0.3 is 5.97 Å². The Kier molecular flexibility index (Phi) is 4.14. The molecule has 0 spiro atoms. The average Bonchev–Trinajstić information content (AvgIpc) is 2.30. The Morgan fingerprint density at radius 3 is 2.56 bits per heavy atom. The Bertz CT molecular complexity index is 251. The van der Waals surface area contributed by atoms with Gasteiger partial charge in [-0.2, -0.15) is 0 Å². The summed E-state index contributed by atoms with van der Waals surface area (Å²) in [5, 5.41) is 12.7. The van der Waals surface area contributed by atoms with Crippen molar-refractivity contribution in [1.82, 2.24) is 5.32 Å². The van der Waals surface area contributed by atoms with Crippen molar-refractivity contribution in [2.24, 2.45) is 11.8 Å². The van der Waals surface area contributed by atoms with Crippen LogP contribution in [0.1, 0.15) is 39.0 Å². The van der Waals surface area contributed by atoms with Crippen LogP contribution in [-0.2, 0) is 4.79 Å². The van der Waals surface area contributed by atoms with Crippen LogP contribution in [0.25, 0.3) is 0 Å². The molecule has 0 aromatic rings. The van der Waals surface area contributed by atoms with E-state index in [0.717, 1.165) is 18.1 Å². The number of rotatable bonds is 2. The van der Waals surface area contributed by atoms with Gasteiger partial charge in [0, 0.05) is 0 Å². The van der Waals surface area contributed by atoms with E-state index in [0.29, 0.717) is 11.3 Å². The maximum absolute atomic E-state index is 11.0. The topological polar surface area (TPSA) is 49.3 Å². The van der Waals surface area contributed by atoms with Gasteiger partial charge in [0.25, 0.3) is 0 Å². The molecule has 4 heteroatoms. The fraction of sp³-hybridized carbons (Fsp3) is 0.917. The summed E-state index contributed by atoms with van der Waals surface area (Å²) < 4.78 is 0. The lowest BCUT2D eigenvalue weighted by atomic mass is 9.82.